The third-order valence-electron chi connectivity index (χ3n) is 5.09. The van der Waals surface area contributed by atoms with Gasteiger partial charge in [-0.2, -0.15) is 5.26 Å². The van der Waals surface area contributed by atoms with Crippen LogP contribution in [0.5, 0.6) is 0 Å². The van der Waals surface area contributed by atoms with E-state index < -0.39 is 0 Å². The van der Waals surface area contributed by atoms with Crippen LogP contribution < -0.4 is 5.32 Å². The van der Waals surface area contributed by atoms with Crippen molar-refractivity contribution in [3.63, 3.8) is 0 Å². The lowest BCUT2D eigenvalue weighted by Gasteiger charge is -2.36. The first-order valence-corrected chi connectivity index (χ1v) is 8.93. The van der Waals surface area contributed by atoms with Crippen LogP contribution in [0, 0.1) is 11.3 Å². The molecular weight excluding hydrogens is 310 g/mol. The molecule has 126 valence electrons. The molecule has 0 aliphatic heterocycles. The number of rotatable bonds is 3. The molecular formula is C21H21N3O. The normalized spacial score (nSPS) is 18.8. The van der Waals surface area contributed by atoms with Gasteiger partial charge in [0.2, 0.25) is 0 Å². The molecule has 4 nitrogen and oxygen atoms in total. The van der Waals surface area contributed by atoms with Crippen LogP contribution in [0.4, 0.5) is 10.5 Å². The van der Waals surface area contributed by atoms with E-state index in [1.807, 2.05) is 11.0 Å². The predicted molar refractivity (Wildman–Crippen MR) is 97.2 cm³/mol. The van der Waals surface area contributed by atoms with Crippen molar-refractivity contribution < 1.29 is 4.79 Å². The van der Waals surface area contributed by atoms with Crippen LogP contribution in [0.1, 0.15) is 48.4 Å². The number of nitriles is 1. The highest BCUT2D eigenvalue weighted by Gasteiger charge is 2.39. The molecule has 1 saturated carbocycles. The topological polar surface area (TPSA) is 56.1 Å². The van der Waals surface area contributed by atoms with Gasteiger partial charge in [0.1, 0.15) is 0 Å². The Labute approximate surface area is 148 Å². The molecule has 4 rings (SSSR count). The monoisotopic (exact) mass is 331 g/mol. The SMILES string of the molecule is N#Cc1cccc(NC(=O)N(C2CC2)C2CCCc3ccccc32)c1. The molecule has 0 heterocycles. The fourth-order valence-corrected chi connectivity index (χ4v) is 3.79. The minimum atomic E-state index is -0.0562. The van der Waals surface area contributed by atoms with Crippen LogP contribution in [0.25, 0.3) is 0 Å². The van der Waals surface area contributed by atoms with Gasteiger partial charge in [-0.1, -0.05) is 30.3 Å². The maximum Gasteiger partial charge on any atom is 0.322 e. The smallest absolute Gasteiger partial charge is 0.315 e. The Kier molecular flexibility index (Phi) is 4.15. The Morgan fingerprint density at radius 1 is 1.12 bits per heavy atom. The van der Waals surface area contributed by atoms with Crippen molar-refractivity contribution in [3.05, 3.63) is 65.2 Å². The number of nitrogens with one attached hydrogen (secondary N) is 1. The Morgan fingerprint density at radius 3 is 2.76 bits per heavy atom. The van der Waals surface area contributed by atoms with Gasteiger partial charge in [-0.05, 0) is 61.4 Å². The van der Waals surface area contributed by atoms with Crippen LogP contribution in [0.15, 0.2) is 48.5 Å². The highest BCUT2D eigenvalue weighted by Crippen LogP contribution is 2.41. The summed E-state index contributed by atoms with van der Waals surface area (Å²) in [7, 11) is 0. The molecule has 2 amide bonds. The van der Waals surface area contributed by atoms with Gasteiger partial charge in [0.05, 0.1) is 17.7 Å². The standard InChI is InChI=1S/C21H21N3O/c22-14-15-5-3-8-17(13-15)23-21(25)24(18-11-12-18)20-10-4-7-16-6-1-2-9-19(16)20/h1-3,5-6,8-9,13,18,20H,4,7,10-12H2,(H,23,25). The Bertz CT molecular complexity index is 835. The zero-order valence-corrected chi connectivity index (χ0v) is 14.1. The van der Waals surface area contributed by atoms with E-state index in [4.69, 9.17) is 5.26 Å². The van der Waals surface area contributed by atoms with Gasteiger partial charge < -0.3 is 10.2 Å². The number of anilines is 1. The molecule has 2 aromatic carbocycles. The van der Waals surface area contributed by atoms with Gasteiger partial charge in [-0.25, -0.2) is 4.79 Å². The van der Waals surface area contributed by atoms with E-state index in [0.29, 0.717) is 17.3 Å². The Balaban J connectivity index is 1.60. The van der Waals surface area contributed by atoms with E-state index in [0.717, 1.165) is 32.1 Å². The van der Waals surface area contributed by atoms with Crippen LogP contribution >= 0.6 is 0 Å². The van der Waals surface area contributed by atoms with Gasteiger partial charge in [-0.3, -0.25) is 0 Å². The highest BCUT2D eigenvalue weighted by molar-refractivity contribution is 5.90. The molecule has 25 heavy (non-hydrogen) atoms. The summed E-state index contributed by atoms with van der Waals surface area (Å²) in [6, 6.07) is 18.1. The molecule has 4 heteroatoms. The summed E-state index contributed by atoms with van der Waals surface area (Å²) in [4.78, 5) is 15.1. The number of fused-ring (bicyclic) bond motifs is 1. The number of benzene rings is 2. The number of hydrogen-bond acceptors (Lipinski definition) is 2. The van der Waals surface area contributed by atoms with Crippen molar-refractivity contribution in [2.24, 2.45) is 0 Å². The zero-order chi connectivity index (χ0) is 17.2. The van der Waals surface area contributed by atoms with Crippen molar-refractivity contribution in [1.82, 2.24) is 4.90 Å². The summed E-state index contributed by atoms with van der Waals surface area (Å²) in [6.45, 7) is 0. The van der Waals surface area contributed by atoms with Crippen molar-refractivity contribution >= 4 is 11.7 Å². The summed E-state index contributed by atoms with van der Waals surface area (Å²) in [5.41, 5.74) is 3.89. The second kappa shape index (κ2) is 6.60. The average molecular weight is 331 g/mol. The lowest BCUT2D eigenvalue weighted by molar-refractivity contribution is 0.175. The third kappa shape index (κ3) is 3.23. The summed E-state index contributed by atoms with van der Waals surface area (Å²) < 4.78 is 0. The molecule has 0 saturated heterocycles. The molecule has 1 fully saturated rings. The molecule has 0 aromatic heterocycles. The zero-order valence-electron chi connectivity index (χ0n) is 14.1. The highest BCUT2D eigenvalue weighted by atomic mass is 16.2. The largest absolute Gasteiger partial charge is 0.322 e. The van der Waals surface area contributed by atoms with Gasteiger partial charge in [0, 0.05) is 11.7 Å². The second-order valence-corrected chi connectivity index (χ2v) is 6.87. The third-order valence-corrected chi connectivity index (χ3v) is 5.09. The number of aryl methyl sites for hydroxylation is 1. The Hall–Kier alpha value is -2.80. The maximum absolute atomic E-state index is 13.0. The predicted octanol–water partition coefficient (Wildman–Crippen LogP) is 4.63. The number of amides is 2. The molecule has 2 aliphatic carbocycles. The molecule has 0 spiro atoms. The lowest BCUT2D eigenvalue weighted by Crippen LogP contribution is -2.41. The van der Waals surface area contributed by atoms with Crippen molar-refractivity contribution in [1.29, 1.82) is 5.26 Å². The van der Waals surface area contributed by atoms with E-state index in [1.54, 1.807) is 18.2 Å². The van der Waals surface area contributed by atoms with Crippen molar-refractivity contribution in [2.75, 3.05) is 5.32 Å². The van der Waals surface area contributed by atoms with E-state index >= 15 is 0 Å². The van der Waals surface area contributed by atoms with Crippen molar-refractivity contribution in [3.8, 4) is 6.07 Å². The van der Waals surface area contributed by atoms with Gasteiger partial charge in [0.15, 0.2) is 0 Å². The first kappa shape index (κ1) is 15.7. The quantitative estimate of drug-likeness (QED) is 0.891. The first-order chi connectivity index (χ1) is 12.3. The van der Waals surface area contributed by atoms with Crippen LogP contribution in [-0.4, -0.2) is 17.0 Å². The Morgan fingerprint density at radius 2 is 1.96 bits per heavy atom. The fourth-order valence-electron chi connectivity index (χ4n) is 3.79. The maximum atomic E-state index is 13.0. The van der Waals surface area contributed by atoms with Crippen LogP contribution in [0.2, 0.25) is 0 Å². The number of carbonyl (C=O) groups excluding carboxylic acids is 1. The van der Waals surface area contributed by atoms with E-state index in [9.17, 15) is 4.79 Å². The average Bonchev–Trinajstić information content (AvgIpc) is 3.47. The van der Waals surface area contributed by atoms with Crippen molar-refractivity contribution in [2.45, 2.75) is 44.2 Å². The lowest BCUT2D eigenvalue weighted by atomic mass is 9.87. The molecule has 0 radical (unpaired) electrons. The van der Waals surface area contributed by atoms with Gasteiger partial charge >= 0.3 is 6.03 Å². The molecule has 0 bridgehead atoms. The summed E-state index contributed by atoms with van der Waals surface area (Å²) in [5.74, 6) is 0. The number of urea groups is 1. The summed E-state index contributed by atoms with van der Waals surface area (Å²) >= 11 is 0. The molecule has 2 aromatic rings. The van der Waals surface area contributed by atoms with Crippen LogP contribution in [-0.2, 0) is 6.42 Å². The number of carbonyl (C=O) groups is 1. The summed E-state index contributed by atoms with van der Waals surface area (Å²) in [5, 5.41) is 12.0. The number of hydrogen-bond donors (Lipinski definition) is 1. The van der Waals surface area contributed by atoms with E-state index in [-0.39, 0.29) is 12.1 Å². The van der Waals surface area contributed by atoms with Gasteiger partial charge in [-0.15, -0.1) is 0 Å². The minimum Gasteiger partial charge on any atom is -0.315 e. The van der Waals surface area contributed by atoms with Gasteiger partial charge in [0.25, 0.3) is 0 Å². The summed E-state index contributed by atoms with van der Waals surface area (Å²) in [6.07, 6.45) is 5.37. The second-order valence-electron chi connectivity index (χ2n) is 6.87. The molecule has 1 atom stereocenters. The van der Waals surface area contributed by atoms with E-state index in [1.165, 1.54) is 11.1 Å². The molecule has 1 N–H and O–H groups in total. The van der Waals surface area contributed by atoms with Crippen LogP contribution in [0.3, 0.4) is 0 Å². The van der Waals surface area contributed by atoms with E-state index in [2.05, 4.69) is 35.7 Å². The first-order valence-electron chi connectivity index (χ1n) is 8.93. The minimum absolute atomic E-state index is 0.0562. The number of nitrogens with zero attached hydrogens (tertiary/aromatic N) is 2. The molecule has 1 unspecified atom stereocenters. The fraction of sp³-hybridized carbons (Fsp3) is 0.333. The molecule has 2 aliphatic rings.